The van der Waals surface area contributed by atoms with Crippen molar-refractivity contribution in [2.45, 2.75) is 13.5 Å². The summed E-state index contributed by atoms with van der Waals surface area (Å²) >= 11 is 0. The van der Waals surface area contributed by atoms with Crippen molar-refractivity contribution in [2.24, 2.45) is 0 Å². The van der Waals surface area contributed by atoms with Gasteiger partial charge in [-0.25, -0.2) is 9.36 Å². The van der Waals surface area contributed by atoms with Crippen LogP contribution < -0.4 is 11.2 Å². The second-order valence-corrected chi connectivity index (χ2v) is 7.13. The topological polar surface area (TPSA) is 90.6 Å². The molecule has 1 amide bonds. The lowest BCUT2D eigenvalue weighted by molar-refractivity contribution is -0.135. The van der Waals surface area contributed by atoms with Gasteiger partial charge < -0.3 is 9.64 Å². The minimum Gasteiger partial charge on any atom is -0.378 e. The molecule has 30 heavy (non-hydrogen) atoms. The number of nitrogens with zero attached hydrogens (tertiary/aromatic N) is 3. The van der Waals surface area contributed by atoms with Crippen LogP contribution in [0.1, 0.15) is 17.3 Å². The van der Waals surface area contributed by atoms with Gasteiger partial charge in [0.05, 0.1) is 29.8 Å². The van der Waals surface area contributed by atoms with Crippen LogP contribution in [-0.4, -0.2) is 52.0 Å². The summed E-state index contributed by atoms with van der Waals surface area (Å²) in [5, 5.41) is 0.320. The van der Waals surface area contributed by atoms with Crippen molar-refractivity contribution < 1.29 is 14.3 Å². The highest BCUT2D eigenvalue weighted by molar-refractivity contribution is 5.94. The standard InChI is InChI=1S/C22H21N3O5/c1-15(26)16-5-4-6-17(13-16)25-21(28)18-7-2-3-8-19(18)24(22(25)29)14-20(27)23-9-11-30-12-10-23/h2-8,13H,9-12,14H2,1H3. The normalized spacial score (nSPS) is 14.1. The molecule has 0 saturated carbocycles. The summed E-state index contributed by atoms with van der Waals surface area (Å²) in [6.07, 6.45) is 0. The van der Waals surface area contributed by atoms with Crippen molar-refractivity contribution in [3.05, 3.63) is 74.9 Å². The van der Waals surface area contributed by atoms with Crippen molar-refractivity contribution in [1.82, 2.24) is 14.0 Å². The third-order valence-corrected chi connectivity index (χ3v) is 5.22. The molecule has 1 aliphatic heterocycles. The molecule has 1 aromatic heterocycles. The molecule has 1 saturated heterocycles. The number of benzene rings is 2. The van der Waals surface area contributed by atoms with Crippen LogP contribution in [0.3, 0.4) is 0 Å². The third-order valence-electron chi connectivity index (χ3n) is 5.22. The van der Waals surface area contributed by atoms with Crippen LogP contribution in [0, 0.1) is 0 Å². The zero-order valence-corrected chi connectivity index (χ0v) is 16.5. The predicted molar refractivity (Wildman–Crippen MR) is 111 cm³/mol. The van der Waals surface area contributed by atoms with Crippen molar-refractivity contribution >= 4 is 22.6 Å². The van der Waals surface area contributed by atoms with E-state index in [1.165, 1.54) is 17.6 Å². The van der Waals surface area contributed by atoms with E-state index in [0.29, 0.717) is 42.8 Å². The molecule has 0 spiro atoms. The Labute approximate surface area is 171 Å². The van der Waals surface area contributed by atoms with Gasteiger partial charge in [-0.15, -0.1) is 0 Å². The molecule has 2 aromatic carbocycles. The van der Waals surface area contributed by atoms with Crippen molar-refractivity contribution in [3.8, 4) is 5.69 Å². The highest BCUT2D eigenvalue weighted by Gasteiger charge is 2.21. The van der Waals surface area contributed by atoms with Gasteiger partial charge in [-0.2, -0.15) is 0 Å². The molecule has 3 aromatic rings. The van der Waals surface area contributed by atoms with E-state index in [0.717, 1.165) is 4.57 Å². The Morgan fingerprint density at radius 2 is 1.73 bits per heavy atom. The van der Waals surface area contributed by atoms with Crippen LogP contribution in [0.15, 0.2) is 58.1 Å². The number of para-hydroxylation sites is 1. The summed E-state index contributed by atoms with van der Waals surface area (Å²) in [4.78, 5) is 52.7. The van der Waals surface area contributed by atoms with Gasteiger partial charge >= 0.3 is 5.69 Å². The molecule has 8 nitrogen and oxygen atoms in total. The molecule has 4 rings (SSSR count). The lowest BCUT2D eigenvalue weighted by atomic mass is 10.1. The van der Waals surface area contributed by atoms with Crippen LogP contribution in [0.2, 0.25) is 0 Å². The van der Waals surface area contributed by atoms with Crippen LogP contribution in [0.5, 0.6) is 0 Å². The summed E-state index contributed by atoms with van der Waals surface area (Å²) in [5.41, 5.74) is -0.0422. The lowest BCUT2D eigenvalue weighted by Crippen LogP contribution is -2.45. The molecular weight excluding hydrogens is 386 g/mol. The van der Waals surface area contributed by atoms with Crippen LogP contribution in [0.4, 0.5) is 0 Å². The SMILES string of the molecule is CC(=O)c1cccc(-n2c(=O)c3ccccc3n(CC(=O)N3CCOCC3)c2=O)c1. The Kier molecular flexibility index (Phi) is 5.33. The number of amides is 1. The fourth-order valence-electron chi connectivity index (χ4n) is 3.61. The molecule has 2 heterocycles. The Bertz CT molecular complexity index is 1250. The molecule has 1 aliphatic rings. The maximum atomic E-state index is 13.3. The summed E-state index contributed by atoms with van der Waals surface area (Å²) < 4.78 is 7.61. The van der Waals surface area contributed by atoms with E-state index in [1.807, 2.05) is 0 Å². The Morgan fingerprint density at radius 3 is 2.47 bits per heavy atom. The zero-order valence-electron chi connectivity index (χ0n) is 16.5. The third kappa shape index (κ3) is 3.57. The zero-order chi connectivity index (χ0) is 21.3. The molecule has 0 atom stereocenters. The van der Waals surface area contributed by atoms with E-state index in [9.17, 15) is 19.2 Å². The molecule has 0 radical (unpaired) electrons. The first-order chi connectivity index (χ1) is 14.5. The fourth-order valence-corrected chi connectivity index (χ4v) is 3.61. The Balaban J connectivity index is 1.89. The molecule has 0 N–H and O–H groups in total. The van der Waals surface area contributed by atoms with E-state index in [1.54, 1.807) is 47.4 Å². The van der Waals surface area contributed by atoms with E-state index in [4.69, 9.17) is 4.74 Å². The summed E-state index contributed by atoms with van der Waals surface area (Å²) in [7, 11) is 0. The number of morpholine rings is 1. The molecule has 1 fully saturated rings. The molecule has 0 aliphatic carbocycles. The van der Waals surface area contributed by atoms with Crippen molar-refractivity contribution in [2.75, 3.05) is 26.3 Å². The largest absolute Gasteiger partial charge is 0.378 e. The number of hydrogen-bond acceptors (Lipinski definition) is 5. The number of hydrogen-bond donors (Lipinski definition) is 0. The van der Waals surface area contributed by atoms with Crippen LogP contribution in [-0.2, 0) is 16.1 Å². The first-order valence-corrected chi connectivity index (χ1v) is 9.69. The van der Waals surface area contributed by atoms with Gasteiger partial charge in [-0.05, 0) is 31.2 Å². The highest BCUT2D eigenvalue weighted by Crippen LogP contribution is 2.13. The summed E-state index contributed by atoms with van der Waals surface area (Å²) in [5.74, 6) is -0.387. The number of ketones is 1. The highest BCUT2D eigenvalue weighted by atomic mass is 16.5. The van der Waals surface area contributed by atoms with Gasteiger partial charge in [0.25, 0.3) is 5.56 Å². The van der Waals surface area contributed by atoms with Gasteiger partial charge in [0.15, 0.2) is 5.78 Å². The van der Waals surface area contributed by atoms with E-state index in [-0.39, 0.29) is 23.9 Å². The minimum absolute atomic E-state index is 0.173. The number of aromatic nitrogens is 2. The lowest BCUT2D eigenvalue weighted by Gasteiger charge is -2.27. The molecule has 8 heteroatoms. The molecule has 154 valence electrons. The van der Waals surface area contributed by atoms with Gasteiger partial charge in [0, 0.05) is 18.7 Å². The average molecular weight is 407 g/mol. The second-order valence-electron chi connectivity index (χ2n) is 7.13. The van der Waals surface area contributed by atoms with Gasteiger partial charge in [-0.3, -0.25) is 19.0 Å². The summed E-state index contributed by atoms with van der Waals surface area (Å²) in [6.45, 7) is 3.07. The maximum Gasteiger partial charge on any atom is 0.336 e. The Morgan fingerprint density at radius 1 is 1.00 bits per heavy atom. The number of carbonyl (C=O) groups excluding carboxylic acids is 2. The van der Waals surface area contributed by atoms with E-state index >= 15 is 0 Å². The predicted octanol–water partition coefficient (Wildman–Crippen LogP) is 1.21. The second kappa shape index (κ2) is 8.08. The number of fused-ring (bicyclic) bond motifs is 1. The van der Waals surface area contributed by atoms with Gasteiger partial charge in [-0.1, -0.05) is 24.3 Å². The van der Waals surface area contributed by atoms with Crippen molar-refractivity contribution in [3.63, 3.8) is 0 Å². The average Bonchev–Trinajstić information content (AvgIpc) is 2.77. The smallest absolute Gasteiger partial charge is 0.336 e. The number of carbonyl (C=O) groups is 2. The monoisotopic (exact) mass is 407 g/mol. The number of ether oxygens (including phenoxy) is 1. The number of rotatable bonds is 4. The number of Topliss-reactive ketones (excluding diaryl/α,β-unsaturated/α-hetero) is 1. The quantitative estimate of drug-likeness (QED) is 0.607. The molecular formula is C22H21N3O5. The molecule has 0 bridgehead atoms. The Hall–Kier alpha value is -3.52. The van der Waals surface area contributed by atoms with Gasteiger partial charge in [0.1, 0.15) is 6.54 Å². The van der Waals surface area contributed by atoms with E-state index in [2.05, 4.69) is 0 Å². The van der Waals surface area contributed by atoms with Crippen molar-refractivity contribution in [1.29, 1.82) is 0 Å². The van der Waals surface area contributed by atoms with Crippen LogP contribution >= 0.6 is 0 Å². The first kappa shape index (κ1) is 19.8. The minimum atomic E-state index is -0.624. The maximum absolute atomic E-state index is 13.3. The fraction of sp³-hybridized carbons (Fsp3) is 0.273. The summed E-state index contributed by atoms with van der Waals surface area (Å²) in [6, 6.07) is 13.1. The van der Waals surface area contributed by atoms with E-state index < -0.39 is 11.2 Å². The first-order valence-electron chi connectivity index (χ1n) is 9.69. The van der Waals surface area contributed by atoms with Crippen LogP contribution in [0.25, 0.3) is 16.6 Å². The van der Waals surface area contributed by atoms with Gasteiger partial charge in [0.2, 0.25) is 5.91 Å². The molecule has 0 unspecified atom stereocenters.